The van der Waals surface area contributed by atoms with Gasteiger partial charge in [0.15, 0.2) is 5.69 Å². The van der Waals surface area contributed by atoms with Gasteiger partial charge < -0.3 is 10.1 Å². The Kier molecular flexibility index (Phi) is 4.16. The summed E-state index contributed by atoms with van der Waals surface area (Å²) in [6, 6.07) is 13.4. The summed E-state index contributed by atoms with van der Waals surface area (Å²) in [6.45, 7) is 0. The van der Waals surface area contributed by atoms with E-state index in [4.69, 9.17) is 4.74 Å². The van der Waals surface area contributed by atoms with Crippen LogP contribution < -0.4 is 10.1 Å². The molecule has 132 valence electrons. The zero-order valence-corrected chi connectivity index (χ0v) is 14.3. The van der Waals surface area contributed by atoms with Crippen molar-refractivity contribution in [1.82, 2.24) is 9.78 Å². The van der Waals surface area contributed by atoms with E-state index >= 15 is 0 Å². The number of hydrogen-bond acceptors (Lipinski definition) is 3. The van der Waals surface area contributed by atoms with E-state index in [9.17, 15) is 9.18 Å². The number of halogens is 1. The zero-order valence-electron chi connectivity index (χ0n) is 14.3. The van der Waals surface area contributed by atoms with Crippen LogP contribution in [0.25, 0.3) is 5.69 Å². The summed E-state index contributed by atoms with van der Waals surface area (Å²) >= 11 is 0. The van der Waals surface area contributed by atoms with Gasteiger partial charge in [0.2, 0.25) is 0 Å². The molecule has 0 spiro atoms. The zero-order chi connectivity index (χ0) is 18.1. The predicted octanol–water partition coefficient (Wildman–Crippen LogP) is 3.76. The van der Waals surface area contributed by atoms with Crippen LogP contribution in [-0.2, 0) is 12.8 Å². The number of para-hydroxylation sites is 2. The number of hydrogen-bond donors (Lipinski definition) is 1. The molecule has 26 heavy (non-hydrogen) atoms. The van der Waals surface area contributed by atoms with Crippen molar-refractivity contribution in [2.45, 2.75) is 19.3 Å². The van der Waals surface area contributed by atoms with E-state index in [0.717, 1.165) is 36.2 Å². The van der Waals surface area contributed by atoms with Gasteiger partial charge in [-0.2, -0.15) is 5.10 Å². The molecule has 2 aromatic carbocycles. The largest absolute Gasteiger partial charge is 0.495 e. The van der Waals surface area contributed by atoms with Gasteiger partial charge in [-0.3, -0.25) is 4.79 Å². The van der Waals surface area contributed by atoms with E-state index in [0.29, 0.717) is 17.1 Å². The number of fused-ring (bicyclic) bond motifs is 1. The van der Waals surface area contributed by atoms with Crippen LogP contribution in [0.15, 0.2) is 48.5 Å². The van der Waals surface area contributed by atoms with E-state index in [-0.39, 0.29) is 11.7 Å². The first kappa shape index (κ1) is 16.3. The standard InChI is InChI=1S/C20H18FN3O2/c1-26-18-8-3-2-6-16(18)22-20(25)19-15-5-4-7-17(15)24(23-19)14-11-9-13(21)10-12-14/h2-3,6,8-12H,4-5,7H2,1H3,(H,22,25). The maximum atomic E-state index is 13.2. The Morgan fingerprint density at radius 2 is 1.92 bits per heavy atom. The van der Waals surface area contributed by atoms with Crippen LogP contribution in [0, 0.1) is 5.82 Å². The maximum absolute atomic E-state index is 13.2. The molecule has 6 heteroatoms. The van der Waals surface area contributed by atoms with Crippen LogP contribution in [0.5, 0.6) is 5.75 Å². The van der Waals surface area contributed by atoms with Gasteiger partial charge in [-0.15, -0.1) is 0 Å². The van der Waals surface area contributed by atoms with Crippen molar-refractivity contribution >= 4 is 11.6 Å². The molecule has 0 saturated heterocycles. The Bertz CT molecular complexity index is 964. The van der Waals surface area contributed by atoms with E-state index < -0.39 is 0 Å². The lowest BCUT2D eigenvalue weighted by Gasteiger charge is -2.09. The van der Waals surface area contributed by atoms with Crippen LogP contribution in [0.1, 0.15) is 28.2 Å². The number of amides is 1. The lowest BCUT2D eigenvalue weighted by Crippen LogP contribution is -2.15. The van der Waals surface area contributed by atoms with Crippen LogP contribution in [-0.4, -0.2) is 22.8 Å². The highest BCUT2D eigenvalue weighted by molar-refractivity contribution is 6.05. The van der Waals surface area contributed by atoms with E-state index in [1.165, 1.54) is 12.1 Å². The van der Waals surface area contributed by atoms with Crippen molar-refractivity contribution in [3.63, 3.8) is 0 Å². The number of aromatic nitrogens is 2. The fraction of sp³-hybridized carbons (Fsp3) is 0.200. The minimum absolute atomic E-state index is 0.270. The minimum Gasteiger partial charge on any atom is -0.495 e. The molecule has 1 heterocycles. The summed E-state index contributed by atoms with van der Waals surface area (Å²) in [4.78, 5) is 12.8. The third-order valence-corrected chi connectivity index (χ3v) is 4.57. The Balaban J connectivity index is 1.70. The molecule has 1 amide bonds. The van der Waals surface area contributed by atoms with Crippen molar-refractivity contribution in [2.75, 3.05) is 12.4 Å². The molecule has 0 saturated carbocycles. The maximum Gasteiger partial charge on any atom is 0.276 e. The normalized spacial score (nSPS) is 12.7. The average molecular weight is 351 g/mol. The third kappa shape index (κ3) is 2.83. The number of benzene rings is 2. The van der Waals surface area contributed by atoms with Gasteiger partial charge in [0.1, 0.15) is 11.6 Å². The van der Waals surface area contributed by atoms with Crippen molar-refractivity contribution in [1.29, 1.82) is 0 Å². The number of ether oxygens (including phenoxy) is 1. The minimum atomic E-state index is -0.299. The Labute approximate surface area is 150 Å². The molecule has 1 aromatic heterocycles. The van der Waals surface area contributed by atoms with E-state index in [2.05, 4.69) is 10.4 Å². The number of rotatable bonds is 4. The molecule has 0 unspecified atom stereocenters. The highest BCUT2D eigenvalue weighted by Crippen LogP contribution is 2.29. The van der Waals surface area contributed by atoms with Gasteiger partial charge in [-0.05, 0) is 55.7 Å². The van der Waals surface area contributed by atoms with Crippen LogP contribution in [0.2, 0.25) is 0 Å². The van der Waals surface area contributed by atoms with Crippen LogP contribution in [0.3, 0.4) is 0 Å². The highest BCUT2D eigenvalue weighted by Gasteiger charge is 2.27. The van der Waals surface area contributed by atoms with E-state index in [1.54, 1.807) is 36.1 Å². The Morgan fingerprint density at radius 3 is 2.69 bits per heavy atom. The van der Waals surface area contributed by atoms with Gasteiger partial charge in [-0.1, -0.05) is 12.1 Å². The average Bonchev–Trinajstić information content (AvgIpc) is 3.25. The second-order valence-corrected chi connectivity index (χ2v) is 6.17. The summed E-state index contributed by atoms with van der Waals surface area (Å²) in [5.74, 6) is 0.0238. The first-order valence-electron chi connectivity index (χ1n) is 8.48. The summed E-state index contributed by atoms with van der Waals surface area (Å²) < 4.78 is 20.3. The second-order valence-electron chi connectivity index (χ2n) is 6.17. The van der Waals surface area contributed by atoms with Crippen LogP contribution in [0.4, 0.5) is 10.1 Å². The number of carbonyl (C=O) groups excluding carboxylic acids is 1. The molecule has 0 atom stereocenters. The molecule has 1 aliphatic carbocycles. The lowest BCUT2D eigenvalue weighted by molar-refractivity contribution is 0.102. The van der Waals surface area contributed by atoms with Gasteiger partial charge >= 0.3 is 0 Å². The fourth-order valence-corrected chi connectivity index (χ4v) is 3.35. The first-order valence-corrected chi connectivity index (χ1v) is 8.48. The SMILES string of the molecule is COc1ccccc1NC(=O)c1nn(-c2ccc(F)cc2)c2c1CCC2. The molecule has 1 aliphatic rings. The van der Waals surface area contributed by atoms with Gasteiger partial charge in [0.05, 0.1) is 18.5 Å². The molecular weight excluding hydrogens is 333 g/mol. The van der Waals surface area contributed by atoms with Gasteiger partial charge in [0, 0.05) is 11.3 Å². The molecule has 0 bridgehead atoms. The quantitative estimate of drug-likeness (QED) is 0.779. The lowest BCUT2D eigenvalue weighted by atomic mass is 10.2. The van der Waals surface area contributed by atoms with E-state index in [1.807, 2.05) is 12.1 Å². The molecule has 0 aliphatic heterocycles. The Hall–Kier alpha value is -3.15. The summed E-state index contributed by atoms with van der Waals surface area (Å²) in [5, 5.41) is 7.41. The molecule has 1 N–H and O–H groups in total. The first-order chi connectivity index (χ1) is 12.7. The van der Waals surface area contributed by atoms with Crippen molar-refractivity contribution < 1.29 is 13.9 Å². The number of anilines is 1. The topological polar surface area (TPSA) is 56.1 Å². The summed E-state index contributed by atoms with van der Waals surface area (Å²) in [6.07, 6.45) is 2.64. The molecule has 3 aromatic rings. The molecule has 0 fully saturated rings. The number of nitrogens with one attached hydrogen (secondary N) is 1. The van der Waals surface area contributed by atoms with Crippen molar-refractivity contribution in [3.8, 4) is 11.4 Å². The predicted molar refractivity (Wildman–Crippen MR) is 96.5 cm³/mol. The number of carbonyl (C=O) groups is 1. The number of nitrogens with zero attached hydrogens (tertiary/aromatic N) is 2. The second kappa shape index (κ2) is 6.63. The van der Waals surface area contributed by atoms with Gasteiger partial charge in [-0.25, -0.2) is 9.07 Å². The van der Waals surface area contributed by atoms with Crippen LogP contribution >= 0.6 is 0 Å². The smallest absolute Gasteiger partial charge is 0.276 e. The van der Waals surface area contributed by atoms with Gasteiger partial charge in [0.25, 0.3) is 5.91 Å². The van der Waals surface area contributed by atoms with Crippen molar-refractivity contribution in [2.24, 2.45) is 0 Å². The molecule has 4 rings (SSSR count). The number of methoxy groups -OCH3 is 1. The summed E-state index contributed by atoms with van der Waals surface area (Å²) in [5.41, 5.74) is 3.74. The molecule has 0 radical (unpaired) electrons. The highest BCUT2D eigenvalue weighted by atomic mass is 19.1. The third-order valence-electron chi connectivity index (χ3n) is 4.57. The fourth-order valence-electron chi connectivity index (χ4n) is 3.35. The van der Waals surface area contributed by atoms with Crippen molar-refractivity contribution in [3.05, 3.63) is 71.3 Å². The monoisotopic (exact) mass is 351 g/mol. The summed E-state index contributed by atoms with van der Waals surface area (Å²) in [7, 11) is 1.56. The molecular formula is C20H18FN3O2. The molecule has 5 nitrogen and oxygen atoms in total. The Morgan fingerprint density at radius 1 is 1.15 bits per heavy atom.